The van der Waals surface area contributed by atoms with E-state index in [2.05, 4.69) is 13.8 Å². The Kier molecular flexibility index (Phi) is 11.1. The average Bonchev–Trinajstić information content (AvgIpc) is 2.31. The standard InChI is InChI=1S/C15H28O2/c1-3-5-7-8-9-10-11-13-14(15(16)17)12-6-4-2/h13H,3-12H2,1-2H3,(H,16,17). The van der Waals surface area contributed by atoms with Gasteiger partial charge in [0.05, 0.1) is 0 Å². The van der Waals surface area contributed by atoms with Gasteiger partial charge in [0.15, 0.2) is 0 Å². The Morgan fingerprint density at radius 1 is 0.941 bits per heavy atom. The van der Waals surface area contributed by atoms with Gasteiger partial charge in [-0.2, -0.15) is 0 Å². The maximum atomic E-state index is 10.9. The summed E-state index contributed by atoms with van der Waals surface area (Å²) in [6.07, 6.45) is 13.2. The maximum Gasteiger partial charge on any atom is 0.331 e. The van der Waals surface area contributed by atoms with Crippen molar-refractivity contribution in [2.45, 2.75) is 78.1 Å². The molecule has 0 aromatic rings. The van der Waals surface area contributed by atoms with E-state index >= 15 is 0 Å². The first-order valence-corrected chi connectivity index (χ1v) is 7.14. The molecule has 0 heterocycles. The SMILES string of the molecule is CCCCCCCCC=C(CCCC)C(=O)O. The van der Waals surface area contributed by atoms with E-state index in [1.807, 2.05) is 6.08 Å². The summed E-state index contributed by atoms with van der Waals surface area (Å²) >= 11 is 0. The highest BCUT2D eigenvalue weighted by Crippen LogP contribution is 2.12. The largest absolute Gasteiger partial charge is 0.478 e. The van der Waals surface area contributed by atoms with E-state index in [9.17, 15) is 4.79 Å². The van der Waals surface area contributed by atoms with Crippen molar-refractivity contribution in [3.8, 4) is 0 Å². The molecule has 0 aliphatic rings. The van der Waals surface area contributed by atoms with Gasteiger partial charge in [0.2, 0.25) is 0 Å². The molecule has 0 aliphatic heterocycles. The fraction of sp³-hybridized carbons (Fsp3) is 0.800. The molecule has 17 heavy (non-hydrogen) atoms. The van der Waals surface area contributed by atoms with E-state index in [1.54, 1.807) is 0 Å². The molecule has 0 bridgehead atoms. The molecular formula is C15H28O2. The Balaban J connectivity index is 3.66. The molecule has 0 aliphatic carbocycles. The lowest BCUT2D eigenvalue weighted by molar-refractivity contribution is -0.132. The third kappa shape index (κ3) is 10.1. The zero-order chi connectivity index (χ0) is 12.9. The van der Waals surface area contributed by atoms with Crippen molar-refractivity contribution in [2.24, 2.45) is 0 Å². The smallest absolute Gasteiger partial charge is 0.331 e. The van der Waals surface area contributed by atoms with Gasteiger partial charge >= 0.3 is 5.97 Å². The Hall–Kier alpha value is -0.790. The molecule has 0 fully saturated rings. The lowest BCUT2D eigenvalue weighted by Gasteiger charge is -2.02. The number of unbranched alkanes of at least 4 members (excludes halogenated alkanes) is 7. The number of aliphatic carboxylic acids is 1. The highest BCUT2D eigenvalue weighted by Gasteiger charge is 2.05. The first-order valence-electron chi connectivity index (χ1n) is 7.14. The second-order valence-electron chi connectivity index (χ2n) is 4.69. The first kappa shape index (κ1) is 16.2. The van der Waals surface area contributed by atoms with Gasteiger partial charge in [-0.1, -0.05) is 58.4 Å². The predicted octanol–water partition coefficient (Wildman–Crippen LogP) is 4.94. The molecule has 0 saturated carbocycles. The van der Waals surface area contributed by atoms with E-state index < -0.39 is 5.97 Å². The van der Waals surface area contributed by atoms with Crippen molar-refractivity contribution in [3.05, 3.63) is 11.6 Å². The topological polar surface area (TPSA) is 37.3 Å². The summed E-state index contributed by atoms with van der Waals surface area (Å²) in [5.41, 5.74) is 0.611. The van der Waals surface area contributed by atoms with Crippen LogP contribution in [0.1, 0.15) is 78.1 Å². The Morgan fingerprint density at radius 3 is 2.12 bits per heavy atom. The van der Waals surface area contributed by atoms with Crippen LogP contribution in [-0.2, 0) is 4.79 Å². The quantitative estimate of drug-likeness (QED) is 0.410. The van der Waals surface area contributed by atoms with Crippen molar-refractivity contribution in [1.29, 1.82) is 0 Å². The number of hydrogen-bond donors (Lipinski definition) is 1. The third-order valence-corrected chi connectivity index (χ3v) is 3.02. The molecule has 0 rings (SSSR count). The summed E-state index contributed by atoms with van der Waals surface area (Å²) in [4.78, 5) is 10.9. The van der Waals surface area contributed by atoms with E-state index in [-0.39, 0.29) is 0 Å². The summed E-state index contributed by atoms with van der Waals surface area (Å²) in [5, 5.41) is 9.00. The van der Waals surface area contributed by atoms with E-state index in [4.69, 9.17) is 5.11 Å². The van der Waals surface area contributed by atoms with Gasteiger partial charge in [0.1, 0.15) is 0 Å². The van der Waals surface area contributed by atoms with Crippen LogP contribution in [0, 0.1) is 0 Å². The van der Waals surface area contributed by atoms with Gasteiger partial charge in [-0.25, -0.2) is 4.79 Å². The third-order valence-electron chi connectivity index (χ3n) is 3.02. The van der Waals surface area contributed by atoms with Crippen LogP contribution < -0.4 is 0 Å². The lowest BCUT2D eigenvalue weighted by Crippen LogP contribution is -2.00. The Bertz CT molecular complexity index is 219. The minimum atomic E-state index is -0.732. The van der Waals surface area contributed by atoms with Crippen molar-refractivity contribution in [2.75, 3.05) is 0 Å². The molecule has 2 nitrogen and oxygen atoms in total. The predicted molar refractivity (Wildman–Crippen MR) is 73.2 cm³/mol. The molecule has 1 N–H and O–H groups in total. The van der Waals surface area contributed by atoms with Gasteiger partial charge in [0.25, 0.3) is 0 Å². The van der Waals surface area contributed by atoms with E-state index in [1.165, 1.54) is 32.1 Å². The number of carboxylic acids is 1. The fourth-order valence-corrected chi connectivity index (χ4v) is 1.86. The number of hydrogen-bond acceptors (Lipinski definition) is 1. The molecule has 0 radical (unpaired) electrons. The minimum Gasteiger partial charge on any atom is -0.478 e. The van der Waals surface area contributed by atoms with Crippen LogP contribution in [0.4, 0.5) is 0 Å². The maximum absolute atomic E-state index is 10.9. The lowest BCUT2D eigenvalue weighted by atomic mass is 10.0. The van der Waals surface area contributed by atoms with Crippen molar-refractivity contribution in [1.82, 2.24) is 0 Å². The molecule has 0 aromatic carbocycles. The Labute approximate surface area is 106 Å². The van der Waals surface area contributed by atoms with Crippen molar-refractivity contribution < 1.29 is 9.90 Å². The van der Waals surface area contributed by atoms with Crippen molar-refractivity contribution in [3.63, 3.8) is 0 Å². The van der Waals surface area contributed by atoms with Gasteiger partial charge in [0, 0.05) is 5.57 Å². The minimum absolute atomic E-state index is 0.611. The van der Waals surface area contributed by atoms with Gasteiger partial charge in [-0.05, 0) is 25.7 Å². The molecule has 0 atom stereocenters. The van der Waals surface area contributed by atoms with Gasteiger partial charge < -0.3 is 5.11 Å². The highest BCUT2D eigenvalue weighted by atomic mass is 16.4. The van der Waals surface area contributed by atoms with E-state index in [0.717, 1.165) is 32.1 Å². The summed E-state index contributed by atoms with van der Waals surface area (Å²) in [6.45, 7) is 4.31. The van der Waals surface area contributed by atoms with Crippen LogP contribution in [0.3, 0.4) is 0 Å². The van der Waals surface area contributed by atoms with E-state index in [0.29, 0.717) is 5.57 Å². The van der Waals surface area contributed by atoms with Crippen LogP contribution in [0.5, 0.6) is 0 Å². The molecule has 2 heteroatoms. The fourth-order valence-electron chi connectivity index (χ4n) is 1.86. The molecule has 0 aromatic heterocycles. The van der Waals surface area contributed by atoms with Gasteiger partial charge in [-0.15, -0.1) is 0 Å². The van der Waals surface area contributed by atoms with Crippen LogP contribution in [0.2, 0.25) is 0 Å². The van der Waals surface area contributed by atoms with Crippen LogP contribution in [0.25, 0.3) is 0 Å². The summed E-state index contributed by atoms with van der Waals surface area (Å²) in [7, 11) is 0. The van der Waals surface area contributed by atoms with Crippen LogP contribution >= 0.6 is 0 Å². The molecule has 0 amide bonds. The zero-order valence-corrected chi connectivity index (χ0v) is 11.5. The molecule has 0 saturated heterocycles. The molecule has 100 valence electrons. The zero-order valence-electron chi connectivity index (χ0n) is 11.5. The monoisotopic (exact) mass is 240 g/mol. The second kappa shape index (κ2) is 11.7. The Morgan fingerprint density at radius 2 is 1.53 bits per heavy atom. The molecule has 0 spiro atoms. The number of rotatable bonds is 11. The van der Waals surface area contributed by atoms with Crippen molar-refractivity contribution >= 4 is 5.97 Å². The normalized spacial score (nSPS) is 11.8. The summed E-state index contributed by atoms with van der Waals surface area (Å²) in [6, 6.07) is 0. The first-order chi connectivity index (χ1) is 8.22. The number of carboxylic acid groups (broad SMARTS) is 1. The van der Waals surface area contributed by atoms with Gasteiger partial charge in [-0.3, -0.25) is 0 Å². The molecule has 0 unspecified atom stereocenters. The average molecular weight is 240 g/mol. The van der Waals surface area contributed by atoms with Crippen LogP contribution in [-0.4, -0.2) is 11.1 Å². The second-order valence-corrected chi connectivity index (χ2v) is 4.69. The number of carbonyl (C=O) groups is 1. The number of allylic oxidation sites excluding steroid dienone is 1. The molecular weight excluding hydrogens is 212 g/mol. The summed E-state index contributed by atoms with van der Waals surface area (Å²) in [5.74, 6) is -0.732. The van der Waals surface area contributed by atoms with Crippen LogP contribution in [0.15, 0.2) is 11.6 Å². The highest BCUT2D eigenvalue weighted by molar-refractivity contribution is 5.86. The summed E-state index contributed by atoms with van der Waals surface area (Å²) < 4.78 is 0.